The molecule has 0 bridgehead atoms. The van der Waals surface area contributed by atoms with Crippen LogP contribution < -0.4 is 4.90 Å². The highest BCUT2D eigenvalue weighted by molar-refractivity contribution is 5.99. The number of hydrogen-bond acceptors (Lipinski definition) is 4. The van der Waals surface area contributed by atoms with Crippen LogP contribution in [-0.2, 0) is 9.53 Å². The summed E-state index contributed by atoms with van der Waals surface area (Å²) >= 11 is 0. The Kier molecular flexibility index (Phi) is 3.55. The monoisotopic (exact) mass is 261 g/mol. The van der Waals surface area contributed by atoms with Gasteiger partial charge in [-0.2, -0.15) is 0 Å². The lowest BCUT2D eigenvalue weighted by Crippen LogP contribution is -2.24. The van der Waals surface area contributed by atoms with E-state index in [0.717, 1.165) is 0 Å². The number of carbonyl (C=O) groups excluding carboxylic acids is 2. The van der Waals surface area contributed by atoms with Crippen LogP contribution in [0, 0.1) is 5.92 Å². The van der Waals surface area contributed by atoms with Gasteiger partial charge in [0, 0.05) is 18.9 Å². The van der Waals surface area contributed by atoms with Crippen molar-refractivity contribution in [2.75, 3.05) is 18.6 Å². The number of nitrogens with zero attached hydrogens (tertiary/aromatic N) is 1. The molecule has 1 saturated heterocycles. The van der Waals surface area contributed by atoms with E-state index in [1.54, 1.807) is 6.08 Å². The first-order valence-electron chi connectivity index (χ1n) is 5.91. The molecule has 1 unspecified atom stereocenters. The van der Waals surface area contributed by atoms with Gasteiger partial charge < -0.3 is 14.7 Å². The summed E-state index contributed by atoms with van der Waals surface area (Å²) in [6, 6.07) is 4.30. The van der Waals surface area contributed by atoms with Gasteiger partial charge in [-0.25, -0.2) is 4.79 Å². The van der Waals surface area contributed by atoms with Crippen LogP contribution in [0.5, 0.6) is 5.75 Å². The normalized spacial score (nSPS) is 18.5. The van der Waals surface area contributed by atoms with E-state index in [4.69, 9.17) is 0 Å². The van der Waals surface area contributed by atoms with Gasteiger partial charge in [-0.3, -0.25) is 4.79 Å². The van der Waals surface area contributed by atoms with Gasteiger partial charge in [-0.15, -0.1) is 6.58 Å². The summed E-state index contributed by atoms with van der Waals surface area (Å²) in [5.41, 5.74) is 0.627. The van der Waals surface area contributed by atoms with Crippen LogP contribution in [-0.4, -0.2) is 30.6 Å². The summed E-state index contributed by atoms with van der Waals surface area (Å²) in [5, 5.41) is 9.85. The maximum atomic E-state index is 11.9. The lowest BCUT2D eigenvalue weighted by Gasteiger charge is -2.18. The summed E-state index contributed by atoms with van der Waals surface area (Å²) in [6.07, 6.45) is 2.09. The summed E-state index contributed by atoms with van der Waals surface area (Å²) < 4.78 is 4.62. The molecule has 0 radical (unpaired) electrons. The Morgan fingerprint density at radius 2 is 2.32 bits per heavy atom. The van der Waals surface area contributed by atoms with Crippen LogP contribution >= 0.6 is 0 Å². The van der Waals surface area contributed by atoms with E-state index in [2.05, 4.69) is 11.3 Å². The molecule has 1 amide bonds. The van der Waals surface area contributed by atoms with Crippen LogP contribution in [0.15, 0.2) is 30.9 Å². The zero-order valence-corrected chi connectivity index (χ0v) is 10.6. The molecular weight excluding hydrogens is 246 g/mol. The summed E-state index contributed by atoms with van der Waals surface area (Å²) in [5.74, 6) is -0.574. The average Bonchev–Trinajstić information content (AvgIpc) is 2.79. The number of aromatic hydroxyl groups is 1. The van der Waals surface area contributed by atoms with E-state index < -0.39 is 5.97 Å². The number of rotatable bonds is 3. The number of carbonyl (C=O) groups is 2. The van der Waals surface area contributed by atoms with Crippen molar-refractivity contribution in [1.29, 1.82) is 0 Å². The fraction of sp³-hybridized carbons (Fsp3) is 0.286. The van der Waals surface area contributed by atoms with E-state index >= 15 is 0 Å². The summed E-state index contributed by atoms with van der Waals surface area (Å²) in [4.78, 5) is 24.8. The Hall–Kier alpha value is -2.30. The van der Waals surface area contributed by atoms with Gasteiger partial charge in [0.15, 0.2) is 0 Å². The van der Waals surface area contributed by atoms with Crippen molar-refractivity contribution in [3.63, 3.8) is 0 Å². The third-order valence-corrected chi connectivity index (χ3v) is 3.18. The van der Waals surface area contributed by atoms with Gasteiger partial charge in [-0.1, -0.05) is 6.08 Å². The fourth-order valence-corrected chi connectivity index (χ4v) is 2.11. The molecule has 0 saturated carbocycles. The number of phenolic OH excluding ortho intramolecular Hbond substituents is 1. The SMILES string of the molecule is C=CC1CC(=O)N(c2cc(C(=O)OC)ccc2O)C1. The highest BCUT2D eigenvalue weighted by Gasteiger charge is 2.30. The van der Waals surface area contributed by atoms with Crippen molar-refractivity contribution in [2.45, 2.75) is 6.42 Å². The predicted octanol–water partition coefficient (Wildman–Crippen LogP) is 1.72. The van der Waals surface area contributed by atoms with Gasteiger partial charge in [0.05, 0.1) is 18.4 Å². The van der Waals surface area contributed by atoms with Crippen molar-refractivity contribution < 1.29 is 19.4 Å². The number of ether oxygens (including phenoxy) is 1. The van der Waals surface area contributed by atoms with Crippen LogP contribution in [0.2, 0.25) is 0 Å². The molecule has 1 aliphatic rings. The molecule has 0 aromatic heterocycles. The molecule has 0 aliphatic carbocycles. The molecule has 0 spiro atoms. The first kappa shape index (κ1) is 13.1. The average molecular weight is 261 g/mol. The first-order chi connectivity index (χ1) is 9.06. The van der Waals surface area contributed by atoms with E-state index in [1.807, 2.05) is 0 Å². The van der Waals surface area contributed by atoms with Crippen LogP contribution in [0.1, 0.15) is 16.8 Å². The molecule has 5 nitrogen and oxygen atoms in total. The van der Waals surface area contributed by atoms with Crippen LogP contribution in [0.25, 0.3) is 0 Å². The molecule has 1 atom stereocenters. The minimum Gasteiger partial charge on any atom is -0.506 e. The molecular formula is C14H15NO4. The lowest BCUT2D eigenvalue weighted by atomic mass is 10.1. The second-order valence-electron chi connectivity index (χ2n) is 4.40. The summed E-state index contributed by atoms with van der Waals surface area (Å²) in [6.45, 7) is 4.13. The van der Waals surface area contributed by atoms with Crippen molar-refractivity contribution in [2.24, 2.45) is 5.92 Å². The second-order valence-corrected chi connectivity index (χ2v) is 4.40. The number of amides is 1. The molecule has 100 valence electrons. The third-order valence-electron chi connectivity index (χ3n) is 3.18. The zero-order valence-electron chi connectivity index (χ0n) is 10.6. The Morgan fingerprint density at radius 3 is 2.89 bits per heavy atom. The number of methoxy groups -OCH3 is 1. The molecule has 1 N–H and O–H groups in total. The largest absolute Gasteiger partial charge is 0.506 e. The molecule has 19 heavy (non-hydrogen) atoms. The number of phenols is 1. The van der Waals surface area contributed by atoms with Crippen molar-refractivity contribution in [3.05, 3.63) is 36.4 Å². The highest BCUT2D eigenvalue weighted by Crippen LogP contribution is 2.33. The highest BCUT2D eigenvalue weighted by atomic mass is 16.5. The zero-order chi connectivity index (χ0) is 14.0. The third kappa shape index (κ3) is 2.45. The Balaban J connectivity index is 2.36. The molecule has 1 aromatic rings. The quantitative estimate of drug-likeness (QED) is 0.664. The maximum Gasteiger partial charge on any atom is 0.337 e. The van der Waals surface area contributed by atoms with E-state index in [0.29, 0.717) is 24.2 Å². The van der Waals surface area contributed by atoms with Crippen LogP contribution in [0.3, 0.4) is 0 Å². The number of hydrogen-bond donors (Lipinski definition) is 1. The second kappa shape index (κ2) is 5.14. The van der Waals surface area contributed by atoms with Crippen molar-refractivity contribution in [3.8, 4) is 5.75 Å². The van der Waals surface area contributed by atoms with Gasteiger partial charge in [0.1, 0.15) is 5.75 Å². The first-order valence-corrected chi connectivity index (χ1v) is 5.91. The fourth-order valence-electron chi connectivity index (χ4n) is 2.11. The number of esters is 1. The molecule has 2 rings (SSSR count). The maximum absolute atomic E-state index is 11.9. The lowest BCUT2D eigenvalue weighted by molar-refractivity contribution is -0.117. The van der Waals surface area contributed by atoms with Crippen LogP contribution in [0.4, 0.5) is 5.69 Å². The number of benzene rings is 1. The van der Waals surface area contributed by atoms with Gasteiger partial charge in [0.25, 0.3) is 0 Å². The minimum atomic E-state index is -0.506. The topological polar surface area (TPSA) is 66.8 Å². The van der Waals surface area contributed by atoms with Gasteiger partial charge >= 0.3 is 5.97 Å². The molecule has 5 heteroatoms. The Bertz CT molecular complexity index is 538. The predicted molar refractivity (Wildman–Crippen MR) is 70.1 cm³/mol. The van der Waals surface area contributed by atoms with E-state index in [1.165, 1.54) is 30.2 Å². The van der Waals surface area contributed by atoms with Crippen molar-refractivity contribution >= 4 is 17.6 Å². The van der Waals surface area contributed by atoms with Crippen molar-refractivity contribution in [1.82, 2.24) is 0 Å². The molecule has 1 aliphatic heterocycles. The molecule has 1 fully saturated rings. The Morgan fingerprint density at radius 1 is 1.58 bits per heavy atom. The Labute approximate surface area is 111 Å². The smallest absolute Gasteiger partial charge is 0.337 e. The molecule has 1 heterocycles. The van der Waals surface area contributed by atoms with E-state index in [9.17, 15) is 14.7 Å². The van der Waals surface area contributed by atoms with Gasteiger partial charge in [-0.05, 0) is 18.2 Å². The molecule has 1 aromatic carbocycles. The standard InChI is InChI=1S/C14H15NO4/c1-3-9-6-13(17)15(8-9)11-7-10(14(18)19-2)4-5-12(11)16/h3-5,7,9,16H,1,6,8H2,2H3. The number of anilines is 1. The summed E-state index contributed by atoms with van der Waals surface area (Å²) in [7, 11) is 1.28. The minimum absolute atomic E-state index is 0.0364. The van der Waals surface area contributed by atoms with E-state index in [-0.39, 0.29) is 17.6 Å². The van der Waals surface area contributed by atoms with Gasteiger partial charge in [0.2, 0.25) is 5.91 Å².